The number of nitriles is 1. The molecule has 0 N–H and O–H groups in total. The Balaban J connectivity index is 1.53. The molecule has 0 bridgehead atoms. The lowest BCUT2D eigenvalue weighted by molar-refractivity contribution is -0.126. The van der Waals surface area contributed by atoms with E-state index >= 15 is 0 Å². The van der Waals surface area contributed by atoms with E-state index in [4.69, 9.17) is 14.8 Å². The van der Waals surface area contributed by atoms with Gasteiger partial charge in [0.2, 0.25) is 5.91 Å². The summed E-state index contributed by atoms with van der Waals surface area (Å²) < 4.78 is 5.47. The molecule has 2 heterocycles. The number of hydrogen-bond acceptors (Lipinski definition) is 6. The largest absolute Gasteiger partial charge is 0.494 e. The van der Waals surface area contributed by atoms with E-state index in [2.05, 4.69) is 6.07 Å². The van der Waals surface area contributed by atoms with Crippen LogP contribution in [0, 0.1) is 17.2 Å². The van der Waals surface area contributed by atoms with E-state index in [0.717, 1.165) is 11.3 Å². The SMILES string of the molecule is CCOc1ccc(N2C(=O)[C@H]3[C@H](ON(c4ccccc4)[C@H]3c3ccc(C#N)cc3)C2=O)cc1. The third kappa shape index (κ3) is 3.51. The zero-order chi connectivity index (χ0) is 22.9. The van der Waals surface area contributed by atoms with Gasteiger partial charge in [0.1, 0.15) is 11.7 Å². The first kappa shape index (κ1) is 20.7. The lowest BCUT2D eigenvalue weighted by atomic mass is 9.90. The summed E-state index contributed by atoms with van der Waals surface area (Å²) in [5.74, 6) is -0.770. The van der Waals surface area contributed by atoms with E-state index < -0.39 is 24.0 Å². The molecule has 0 aromatic heterocycles. The second-order valence-corrected chi connectivity index (χ2v) is 7.83. The van der Waals surface area contributed by atoms with Crippen LogP contribution in [0.1, 0.15) is 24.1 Å². The summed E-state index contributed by atoms with van der Waals surface area (Å²) in [6, 6.07) is 24.9. The van der Waals surface area contributed by atoms with E-state index in [-0.39, 0.29) is 5.91 Å². The van der Waals surface area contributed by atoms with Gasteiger partial charge in [-0.1, -0.05) is 30.3 Å². The van der Waals surface area contributed by atoms with Gasteiger partial charge >= 0.3 is 0 Å². The molecule has 2 saturated heterocycles. The van der Waals surface area contributed by atoms with Crippen LogP contribution < -0.4 is 14.7 Å². The van der Waals surface area contributed by atoms with Crippen molar-refractivity contribution >= 4 is 23.2 Å². The number of rotatable bonds is 5. The van der Waals surface area contributed by atoms with Gasteiger partial charge in [0.25, 0.3) is 5.91 Å². The summed E-state index contributed by atoms with van der Waals surface area (Å²) in [6.07, 6.45) is -0.940. The Bertz CT molecular complexity index is 1220. The van der Waals surface area contributed by atoms with E-state index in [1.165, 1.54) is 4.90 Å². The number of hydrogen-bond donors (Lipinski definition) is 0. The maximum Gasteiger partial charge on any atom is 0.266 e. The minimum atomic E-state index is -0.940. The smallest absolute Gasteiger partial charge is 0.266 e. The number of amides is 2. The highest BCUT2D eigenvalue weighted by Gasteiger charge is 2.60. The van der Waals surface area contributed by atoms with Gasteiger partial charge < -0.3 is 4.74 Å². The van der Waals surface area contributed by atoms with Gasteiger partial charge in [0.15, 0.2) is 6.10 Å². The molecule has 164 valence electrons. The zero-order valence-electron chi connectivity index (χ0n) is 17.9. The molecule has 5 rings (SSSR count). The van der Waals surface area contributed by atoms with Gasteiger partial charge in [-0.3, -0.25) is 14.4 Å². The third-order valence-electron chi connectivity index (χ3n) is 5.91. The quantitative estimate of drug-likeness (QED) is 0.559. The highest BCUT2D eigenvalue weighted by molar-refractivity contribution is 6.23. The van der Waals surface area contributed by atoms with Crippen LogP contribution in [-0.2, 0) is 14.4 Å². The summed E-state index contributed by atoms with van der Waals surface area (Å²) in [6.45, 7) is 2.42. The van der Waals surface area contributed by atoms with Crippen molar-refractivity contribution in [1.29, 1.82) is 5.26 Å². The normalized spacial score (nSPS) is 21.8. The minimum Gasteiger partial charge on any atom is -0.494 e. The number of nitrogens with zero attached hydrogens (tertiary/aromatic N) is 3. The first-order valence-electron chi connectivity index (χ1n) is 10.7. The second kappa shape index (κ2) is 8.41. The van der Waals surface area contributed by atoms with Crippen LogP contribution in [0.5, 0.6) is 5.75 Å². The number of para-hydroxylation sites is 1. The lowest BCUT2D eigenvalue weighted by Crippen LogP contribution is -2.37. The maximum absolute atomic E-state index is 13.6. The second-order valence-electron chi connectivity index (χ2n) is 7.83. The molecule has 2 aliphatic heterocycles. The van der Waals surface area contributed by atoms with Gasteiger partial charge in [0, 0.05) is 0 Å². The zero-order valence-corrected chi connectivity index (χ0v) is 17.9. The fourth-order valence-corrected chi connectivity index (χ4v) is 4.42. The Morgan fingerprint density at radius 2 is 1.61 bits per heavy atom. The van der Waals surface area contributed by atoms with Crippen LogP contribution in [0.4, 0.5) is 11.4 Å². The molecule has 7 heteroatoms. The Labute approximate surface area is 191 Å². The molecule has 2 aliphatic rings. The highest BCUT2D eigenvalue weighted by Crippen LogP contribution is 2.47. The van der Waals surface area contributed by atoms with E-state index in [0.29, 0.717) is 23.6 Å². The molecule has 0 aliphatic carbocycles. The Morgan fingerprint density at radius 3 is 2.24 bits per heavy atom. The molecule has 0 saturated carbocycles. The van der Waals surface area contributed by atoms with Gasteiger partial charge in [-0.15, -0.1) is 0 Å². The molecule has 3 atom stereocenters. The molecule has 3 aromatic rings. The molecule has 2 amide bonds. The fourth-order valence-electron chi connectivity index (χ4n) is 4.42. The molecular weight excluding hydrogens is 418 g/mol. The maximum atomic E-state index is 13.6. The van der Waals surface area contributed by atoms with Crippen molar-refractivity contribution in [2.75, 3.05) is 16.6 Å². The highest BCUT2D eigenvalue weighted by atomic mass is 16.7. The first-order valence-corrected chi connectivity index (χ1v) is 10.7. The topological polar surface area (TPSA) is 82.9 Å². The number of benzene rings is 3. The van der Waals surface area contributed by atoms with Crippen molar-refractivity contribution in [2.24, 2.45) is 5.92 Å². The number of carbonyl (C=O) groups excluding carboxylic acids is 2. The number of imide groups is 1. The monoisotopic (exact) mass is 439 g/mol. The molecular formula is C26H21N3O4. The van der Waals surface area contributed by atoms with Crippen molar-refractivity contribution in [3.05, 3.63) is 90.0 Å². The predicted molar refractivity (Wildman–Crippen MR) is 121 cm³/mol. The van der Waals surface area contributed by atoms with Crippen molar-refractivity contribution in [1.82, 2.24) is 0 Å². The summed E-state index contributed by atoms with van der Waals surface area (Å²) >= 11 is 0. The van der Waals surface area contributed by atoms with Crippen LogP contribution in [0.25, 0.3) is 0 Å². The van der Waals surface area contributed by atoms with Crippen LogP contribution in [0.2, 0.25) is 0 Å². The van der Waals surface area contributed by atoms with Gasteiger partial charge in [-0.25, -0.2) is 9.96 Å². The minimum absolute atomic E-state index is 0.318. The van der Waals surface area contributed by atoms with Crippen LogP contribution >= 0.6 is 0 Å². The number of hydroxylamine groups is 1. The average Bonchev–Trinajstić information content (AvgIpc) is 3.36. The van der Waals surface area contributed by atoms with Gasteiger partial charge in [0.05, 0.1) is 35.7 Å². The van der Waals surface area contributed by atoms with Crippen LogP contribution in [0.15, 0.2) is 78.9 Å². The standard InChI is InChI=1S/C26H21N3O4/c1-2-32-21-14-12-19(13-15-21)28-25(30)22-23(18-10-8-17(16-27)9-11-18)29(33-24(22)26(28)31)20-6-4-3-5-7-20/h3-15,22-24H,2H2,1H3/t22-,23+,24+/m1/s1. The van der Waals surface area contributed by atoms with E-state index in [1.807, 2.05) is 49.4 Å². The number of ether oxygens (including phenoxy) is 1. The van der Waals surface area contributed by atoms with Gasteiger partial charge in [-0.05, 0) is 61.0 Å². The average molecular weight is 439 g/mol. The summed E-state index contributed by atoms with van der Waals surface area (Å²) in [5.41, 5.74) is 2.54. The molecule has 0 spiro atoms. The Morgan fingerprint density at radius 1 is 0.909 bits per heavy atom. The summed E-state index contributed by atoms with van der Waals surface area (Å²) in [4.78, 5) is 34.3. The number of anilines is 2. The molecule has 2 fully saturated rings. The Kier molecular flexibility index (Phi) is 5.29. The lowest BCUT2D eigenvalue weighted by Gasteiger charge is -2.28. The molecule has 0 unspecified atom stereocenters. The van der Waals surface area contributed by atoms with Crippen LogP contribution in [-0.4, -0.2) is 24.5 Å². The van der Waals surface area contributed by atoms with E-state index in [9.17, 15) is 9.59 Å². The van der Waals surface area contributed by atoms with Crippen molar-refractivity contribution < 1.29 is 19.2 Å². The third-order valence-corrected chi connectivity index (χ3v) is 5.91. The Hall–Kier alpha value is -4.15. The molecule has 7 nitrogen and oxygen atoms in total. The predicted octanol–water partition coefficient (Wildman–Crippen LogP) is 4.01. The van der Waals surface area contributed by atoms with Crippen molar-refractivity contribution in [3.8, 4) is 11.8 Å². The van der Waals surface area contributed by atoms with Crippen molar-refractivity contribution in [3.63, 3.8) is 0 Å². The summed E-state index contributed by atoms with van der Waals surface area (Å²) in [7, 11) is 0. The number of fused-ring (bicyclic) bond motifs is 1. The first-order chi connectivity index (χ1) is 16.1. The van der Waals surface area contributed by atoms with Gasteiger partial charge in [-0.2, -0.15) is 5.26 Å². The molecule has 33 heavy (non-hydrogen) atoms. The fraction of sp³-hybridized carbons (Fsp3) is 0.192. The summed E-state index contributed by atoms with van der Waals surface area (Å²) in [5, 5.41) is 10.8. The molecule has 0 radical (unpaired) electrons. The van der Waals surface area contributed by atoms with Crippen molar-refractivity contribution in [2.45, 2.75) is 19.1 Å². The van der Waals surface area contributed by atoms with Crippen LogP contribution in [0.3, 0.4) is 0 Å². The van der Waals surface area contributed by atoms with E-state index in [1.54, 1.807) is 41.5 Å². The number of carbonyl (C=O) groups is 2. The molecule has 3 aromatic carbocycles.